The molecule has 0 saturated heterocycles. The zero-order valence-electron chi connectivity index (χ0n) is 50.4. The van der Waals surface area contributed by atoms with Gasteiger partial charge in [-0.1, -0.05) is 233 Å². The Balaban J connectivity index is 2.55. The summed E-state index contributed by atoms with van der Waals surface area (Å²) < 4.78 is 18.9. The number of hydrogen-bond donors (Lipinski definition) is 0. The maximum atomic E-state index is 13.6. The van der Waals surface area contributed by atoms with Crippen molar-refractivity contribution in [1.82, 2.24) is 13.7 Å². The molecule has 78 heavy (non-hydrogen) atoms. The van der Waals surface area contributed by atoms with Crippen molar-refractivity contribution in [2.75, 3.05) is 54.3 Å². The second-order valence-electron chi connectivity index (χ2n) is 21.8. The molecule has 0 radical (unpaired) electrons. The molecule has 1 aromatic heterocycles. The fourth-order valence-electron chi connectivity index (χ4n) is 9.62. The third kappa shape index (κ3) is 44.5. The Morgan fingerprint density at radius 3 is 0.667 bits per heavy atom. The van der Waals surface area contributed by atoms with Gasteiger partial charge >= 0.3 is 35.0 Å². The molecule has 0 aliphatic carbocycles. The van der Waals surface area contributed by atoms with Gasteiger partial charge in [-0.25, -0.2) is 28.1 Å². The molecule has 12 nitrogen and oxygen atoms in total. The van der Waals surface area contributed by atoms with Crippen molar-refractivity contribution < 1.29 is 28.6 Å². The Hall–Kier alpha value is -2.13. The van der Waals surface area contributed by atoms with Crippen LogP contribution in [0.2, 0.25) is 0 Å². The van der Waals surface area contributed by atoms with E-state index in [1.807, 2.05) is 35.3 Å². The van der Waals surface area contributed by atoms with Gasteiger partial charge < -0.3 is 14.2 Å². The van der Waals surface area contributed by atoms with Crippen LogP contribution in [0.25, 0.3) is 0 Å². The molecule has 1 rings (SSSR count). The molecule has 15 heteroatoms. The number of carbonyl (C=O) groups excluding carboxylic acids is 3. The highest BCUT2D eigenvalue weighted by Crippen LogP contribution is 2.18. The van der Waals surface area contributed by atoms with Gasteiger partial charge in [0.25, 0.3) is 0 Å². The Morgan fingerprint density at radius 2 is 0.462 bits per heavy atom. The van der Waals surface area contributed by atoms with Crippen LogP contribution in [-0.2, 0) is 48.2 Å². The monoisotopic (exact) mass is 1160 g/mol. The highest BCUT2D eigenvalue weighted by Gasteiger charge is 2.18. The number of unbranched alkanes of at least 4 members (excludes halogenated alkanes) is 33. The minimum absolute atomic E-state index is 0.225. The molecule has 0 atom stereocenters. The summed E-state index contributed by atoms with van der Waals surface area (Å²) >= 11 is 5.55. The van der Waals surface area contributed by atoms with Crippen molar-refractivity contribution in [3.63, 3.8) is 0 Å². The van der Waals surface area contributed by atoms with Crippen molar-refractivity contribution in [2.24, 2.45) is 0 Å². The zero-order chi connectivity index (χ0) is 56.6. The van der Waals surface area contributed by atoms with Gasteiger partial charge in [0.2, 0.25) is 0 Å². The van der Waals surface area contributed by atoms with E-state index in [4.69, 9.17) is 14.2 Å². The lowest BCUT2D eigenvalue weighted by molar-refractivity contribution is -0.144. The van der Waals surface area contributed by atoms with Crippen molar-refractivity contribution >= 4 is 53.2 Å². The second-order valence-corrected chi connectivity index (χ2v) is 25.5. The van der Waals surface area contributed by atoms with Crippen LogP contribution >= 0.6 is 35.3 Å². The average Bonchev–Trinajstić information content (AvgIpc) is 3.46. The number of hydrogen-bond acceptors (Lipinski definition) is 12. The predicted octanol–water partition coefficient (Wildman–Crippen LogP) is 16.4. The van der Waals surface area contributed by atoms with Crippen LogP contribution in [0.15, 0.2) is 14.4 Å². The summed E-state index contributed by atoms with van der Waals surface area (Å²) in [5.74, 6) is 4.57. The smallest absolute Gasteiger partial charge is 0.336 e. The Morgan fingerprint density at radius 1 is 0.282 bits per heavy atom. The van der Waals surface area contributed by atoms with Gasteiger partial charge in [-0.05, 0) is 73.0 Å². The largest absolute Gasteiger partial charge is 0.464 e. The van der Waals surface area contributed by atoms with Crippen molar-refractivity contribution in [3.8, 4) is 0 Å². The number of thioether (sulfide) groups is 3. The van der Waals surface area contributed by atoms with Crippen LogP contribution in [0.5, 0.6) is 0 Å². The highest BCUT2D eigenvalue weighted by molar-refractivity contribution is 7.99. The molecule has 0 aliphatic rings. The molecular weight excluding hydrogens is 1040 g/mol. The van der Waals surface area contributed by atoms with Gasteiger partial charge in [-0.2, -0.15) is 35.3 Å². The first kappa shape index (κ1) is 73.9. The molecule has 456 valence electrons. The molecule has 1 heterocycles. The Labute approximate surface area is 488 Å². The summed E-state index contributed by atoms with van der Waals surface area (Å²) in [4.78, 5) is 78.9. The molecule has 1 aromatic rings. The third-order valence-corrected chi connectivity index (χ3v) is 18.0. The first-order valence-corrected chi connectivity index (χ1v) is 35.9. The van der Waals surface area contributed by atoms with E-state index in [9.17, 15) is 28.8 Å². The van der Waals surface area contributed by atoms with E-state index in [1.54, 1.807) is 0 Å². The molecule has 0 N–H and O–H groups in total. The second kappa shape index (κ2) is 56.7. The number of nitrogens with zero attached hydrogens (tertiary/aromatic N) is 3. The van der Waals surface area contributed by atoms with Crippen LogP contribution in [0.4, 0.5) is 0 Å². The van der Waals surface area contributed by atoms with E-state index in [-0.39, 0.29) is 58.7 Å². The van der Waals surface area contributed by atoms with Crippen LogP contribution in [0, 0.1) is 0 Å². The van der Waals surface area contributed by atoms with E-state index >= 15 is 0 Å². The fourth-order valence-corrected chi connectivity index (χ4v) is 12.5. The van der Waals surface area contributed by atoms with Crippen LogP contribution in [0.1, 0.15) is 290 Å². The summed E-state index contributed by atoms with van der Waals surface area (Å²) in [5, 5.41) is 0. The SMILES string of the molecule is CCCCCCCCCCCCCCSCCCC(=O)OCCn1c(=O)n(CCOC(=O)CCCSCCCCCCCCCCCCCC)c(=O)n(CCOC(=O)CCCSCCCCCCCCCCCCCC)c1=O. The minimum Gasteiger partial charge on any atom is -0.464 e. The maximum Gasteiger partial charge on any atom is 0.336 e. The highest BCUT2D eigenvalue weighted by atomic mass is 32.2. The Kier molecular flexibility index (Phi) is 53.7. The normalized spacial score (nSPS) is 11.4. The van der Waals surface area contributed by atoms with Crippen LogP contribution in [-0.4, -0.2) is 85.9 Å². The molecule has 0 fully saturated rings. The van der Waals surface area contributed by atoms with Gasteiger partial charge in [-0.15, -0.1) is 0 Å². The molecule has 0 amide bonds. The van der Waals surface area contributed by atoms with Crippen LogP contribution in [0.3, 0.4) is 0 Å². The molecule has 0 bridgehead atoms. The van der Waals surface area contributed by atoms with Crippen LogP contribution < -0.4 is 17.1 Å². The summed E-state index contributed by atoms with van der Waals surface area (Å²) in [6.07, 6.45) is 50.4. The fraction of sp³-hybridized carbons (Fsp3) is 0.905. The van der Waals surface area contributed by atoms with Crippen molar-refractivity contribution in [1.29, 1.82) is 0 Å². The number of ether oxygens (including phenoxy) is 3. The summed E-state index contributed by atoms with van der Waals surface area (Å²) in [6.45, 7) is 5.33. The average molecular weight is 1160 g/mol. The standard InChI is InChI=1S/C63H117N3O9S3/c1-4-7-10-13-16-19-22-25-28-31-34-37-52-76-55-40-43-58(67)73-49-46-64-61(70)65(47-50-74-59(68)44-41-56-77-53-38-35-32-29-26-23-20-17-14-11-8-5-2)63(72)66(62(64)71)48-51-75-60(69)45-42-57-78-54-39-36-33-30-27-24-21-18-15-12-9-6-3/h4-57H2,1-3H3. The first-order valence-electron chi connectivity index (χ1n) is 32.4. The summed E-state index contributed by atoms with van der Waals surface area (Å²) in [5.41, 5.74) is -2.64. The molecular formula is C63H117N3O9S3. The third-order valence-electron chi connectivity index (χ3n) is 14.6. The summed E-state index contributed by atoms with van der Waals surface area (Å²) in [6, 6.07) is 0. The number of esters is 3. The van der Waals surface area contributed by atoms with Crippen molar-refractivity contribution in [3.05, 3.63) is 31.5 Å². The van der Waals surface area contributed by atoms with E-state index in [1.165, 1.54) is 231 Å². The topological polar surface area (TPSA) is 145 Å². The molecule has 0 unspecified atom stereocenters. The van der Waals surface area contributed by atoms with E-state index in [0.717, 1.165) is 48.2 Å². The van der Waals surface area contributed by atoms with Crippen molar-refractivity contribution in [2.45, 2.75) is 310 Å². The van der Waals surface area contributed by atoms with Gasteiger partial charge in [0, 0.05) is 19.3 Å². The molecule has 0 spiro atoms. The minimum atomic E-state index is -0.880. The van der Waals surface area contributed by atoms with Gasteiger partial charge in [0.1, 0.15) is 19.8 Å². The lowest BCUT2D eigenvalue weighted by Gasteiger charge is -2.14. The molecule has 0 aliphatic heterocycles. The lowest BCUT2D eigenvalue weighted by atomic mass is 10.1. The van der Waals surface area contributed by atoms with E-state index in [2.05, 4.69) is 20.8 Å². The maximum absolute atomic E-state index is 13.6. The van der Waals surface area contributed by atoms with Gasteiger partial charge in [0.05, 0.1) is 19.6 Å². The molecule has 0 aromatic carbocycles. The number of aromatic nitrogens is 3. The predicted molar refractivity (Wildman–Crippen MR) is 335 cm³/mol. The van der Waals surface area contributed by atoms with Gasteiger partial charge in [0.15, 0.2) is 0 Å². The quantitative estimate of drug-likeness (QED) is 0.0348. The Bertz CT molecular complexity index is 1510. The first-order chi connectivity index (χ1) is 38.3. The number of rotatable bonds is 60. The van der Waals surface area contributed by atoms with Gasteiger partial charge in [-0.3, -0.25) is 14.4 Å². The molecule has 0 saturated carbocycles. The van der Waals surface area contributed by atoms with E-state index < -0.39 is 35.0 Å². The summed E-state index contributed by atoms with van der Waals surface area (Å²) in [7, 11) is 0. The van der Waals surface area contributed by atoms with E-state index in [0.29, 0.717) is 19.3 Å². The number of carbonyl (C=O) groups is 3. The lowest BCUT2D eigenvalue weighted by Crippen LogP contribution is -2.55. The zero-order valence-corrected chi connectivity index (χ0v) is 52.9.